The Labute approximate surface area is 92.5 Å². The van der Waals surface area contributed by atoms with E-state index in [-0.39, 0.29) is 0 Å². The van der Waals surface area contributed by atoms with Crippen LogP contribution in [0.2, 0.25) is 5.02 Å². The van der Waals surface area contributed by atoms with Gasteiger partial charge in [0, 0.05) is 16.1 Å². The van der Waals surface area contributed by atoms with E-state index in [1.807, 2.05) is 19.1 Å². The molecular weight excluding hydrogens is 212 g/mol. The molecule has 76 valence electrons. The van der Waals surface area contributed by atoms with Gasteiger partial charge in [-0.15, -0.1) is 0 Å². The molecule has 3 heteroatoms. The number of halogens is 1. The third kappa shape index (κ3) is 1.95. The maximum atomic E-state index is 10.9. The Balaban J connectivity index is 2.57. The van der Waals surface area contributed by atoms with Crippen LogP contribution in [0.5, 0.6) is 0 Å². The van der Waals surface area contributed by atoms with Gasteiger partial charge in [0.25, 0.3) is 0 Å². The summed E-state index contributed by atoms with van der Waals surface area (Å²) in [6, 6.07) is 8.85. The molecule has 1 aromatic carbocycles. The Hall–Kier alpha value is -1.54. The second kappa shape index (κ2) is 3.91. The van der Waals surface area contributed by atoms with Crippen molar-refractivity contribution in [1.82, 2.24) is 0 Å². The van der Waals surface area contributed by atoms with Gasteiger partial charge in [0.05, 0.1) is 0 Å². The zero-order chi connectivity index (χ0) is 10.8. The summed E-state index contributed by atoms with van der Waals surface area (Å²) in [5, 5.41) is 0.545. The summed E-state index contributed by atoms with van der Waals surface area (Å²) < 4.78 is 5.45. The first kappa shape index (κ1) is 9.99. The molecule has 2 nitrogen and oxygen atoms in total. The third-order valence-electron chi connectivity index (χ3n) is 2.15. The highest BCUT2D eigenvalue weighted by molar-refractivity contribution is 6.31. The smallest absolute Gasteiger partial charge is 0.150 e. The molecule has 0 atom stereocenters. The van der Waals surface area contributed by atoms with Crippen LogP contribution in [0.1, 0.15) is 16.1 Å². The molecule has 0 aliphatic rings. The molecule has 0 bridgehead atoms. The second-order valence-corrected chi connectivity index (χ2v) is 3.70. The fourth-order valence-electron chi connectivity index (χ4n) is 1.43. The van der Waals surface area contributed by atoms with Gasteiger partial charge in [-0.3, -0.25) is 4.79 Å². The summed E-state index contributed by atoms with van der Waals surface area (Å²) >= 11 is 5.80. The predicted octanol–water partition coefficient (Wildman–Crippen LogP) is 3.72. The highest BCUT2D eigenvalue weighted by atomic mass is 35.5. The van der Waals surface area contributed by atoms with Crippen molar-refractivity contribution in [2.75, 3.05) is 0 Å². The molecular formula is C12H9ClO2. The van der Waals surface area contributed by atoms with Crippen molar-refractivity contribution in [2.24, 2.45) is 0 Å². The van der Waals surface area contributed by atoms with Gasteiger partial charge in [0.2, 0.25) is 0 Å². The van der Waals surface area contributed by atoms with Crippen LogP contribution in [0.15, 0.2) is 34.7 Å². The van der Waals surface area contributed by atoms with Gasteiger partial charge in [-0.1, -0.05) is 11.6 Å². The highest BCUT2D eigenvalue weighted by Gasteiger charge is 2.08. The SMILES string of the molecule is Cc1ccc(-c2ccc(Cl)cc2C=O)o1. The normalized spacial score (nSPS) is 10.3. The molecule has 0 radical (unpaired) electrons. The minimum Gasteiger partial charge on any atom is -0.461 e. The predicted molar refractivity (Wildman–Crippen MR) is 59.3 cm³/mol. The fraction of sp³-hybridized carbons (Fsp3) is 0.0833. The van der Waals surface area contributed by atoms with Gasteiger partial charge in [-0.2, -0.15) is 0 Å². The molecule has 0 fully saturated rings. The minimum atomic E-state index is 0.539. The Kier molecular flexibility index (Phi) is 2.60. The van der Waals surface area contributed by atoms with E-state index in [2.05, 4.69) is 0 Å². The number of furan rings is 1. The molecule has 0 saturated heterocycles. The first-order valence-electron chi connectivity index (χ1n) is 4.52. The van der Waals surface area contributed by atoms with Crippen molar-refractivity contribution in [3.8, 4) is 11.3 Å². The molecule has 0 N–H and O–H groups in total. The van der Waals surface area contributed by atoms with E-state index < -0.39 is 0 Å². The van der Waals surface area contributed by atoms with Crippen LogP contribution in [0.3, 0.4) is 0 Å². The van der Waals surface area contributed by atoms with E-state index in [1.165, 1.54) is 0 Å². The van der Waals surface area contributed by atoms with Gasteiger partial charge in [0.1, 0.15) is 11.5 Å². The number of hydrogen-bond donors (Lipinski definition) is 0. The summed E-state index contributed by atoms with van der Waals surface area (Å²) in [7, 11) is 0. The lowest BCUT2D eigenvalue weighted by Gasteiger charge is -2.01. The van der Waals surface area contributed by atoms with Gasteiger partial charge in [0.15, 0.2) is 6.29 Å². The molecule has 2 aromatic rings. The first-order valence-corrected chi connectivity index (χ1v) is 4.90. The van der Waals surface area contributed by atoms with Gasteiger partial charge < -0.3 is 4.42 Å². The van der Waals surface area contributed by atoms with Crippen LogP contribution in [-0.2, 0) is 0 Å². The Morgan fingerprint density at radius 3 is 2.67 bits per heavy atom. The topological polar surface area (TPSA) is 30.2 Å². The number of carbonyl (C=O) groups excluding carboxylic acids is 1. The van der Waals surface area contributed by atoms with Crippen molar-refractivity contribution >= 4 is 17.9 Å². The van der Waals surface area contributed by atoms with Crippen LogP contribution >= 0.6 is 11.6 Å². The van der Waals surface area contributed by atoms with Gasteiger partial charge in [-0.25, -0.2) is 0 Å². The van der Waals surface area contributed by atoms with E-state index in [1.54, 1.807) is 18.2 Å². The van der Waals surface area contributed by atoms with Crippen LogP contribution < -0.4 is 0 Å². The van der Waals surface area contributed by atoms with E-state index in [0.717, 1.165) is 17.6 Å². The van der Waals surface area contributed by atoms with Crippen molar-refractivity contribution in [1.29, 1.82) is 0 Å². The zero-order valence-electron chi connectivity index (χ0n) is 8.16. The number of rotatable bonds is 2. The Morgan fingerprint density at radius 2 is 2.07 bits per heavy atom. The van der Waals surface area contributed by atoms with Crippen LogP contribution in [-0.4, -0.2) is 6.29 Å². The molecule has 0 aliphatic heterocycles. The lowest BCUT2D eigenvalue weighted by molar-refractivity contribution is 0.112. The molecule has 0 spiro atoms. The van der Waals surface area contributed by atoms with Crippen LogP contribution in [0.25, 0.3) is 11.3 Å². The molecule has 1 aromatic heterocycles. The van der Waals surface area contributed by atoms with Gasteiger partial charge in [-0.05, 0) is 37.3 Å². The lowest BCUT2D eigenvalue weighted by atomic mass is 10.1. The van der Waals surface area contributed by atoms with Crippen LogP contribution in [0, 0.1) is 6.92 Å². The molecule has 0 unspecified atom stereocenters. The van der Waals surface area contributed by atoms with Crippen molar-refractivity contribution < 1.29 is 9.21 Å². The molecule has 15 heavy (non-hydrogen) atoms. The zero-order valence-corrected chi connectivity index (χ0v) is 8.91. The average Bonchev–Trinajstić information content (AvgIpc) is 2.64. The number of carbonyl (C=O) groups is 1. The standard InChI is InChI=1S/C12H9ClO2/c1-8-2-5-12(15-8)11-4-3-10(13)6-9(11)7-14/h2-7H,1H3. The maximum Gasteiger partial charge on any atom is 0.150 e. The number of aldehydes is 1. The van der Waals surface area contributed by atoms with Crippen LogP contribution in [0.4, 0.5) is 0 Å². The molecule has 1 heterocycles. The van der Waals surface area contributed by atoms with Gasteiger partial charge >= 0.3 is 0 Å². The number of aryl methyl sites for hydroxylation is 1. The number of hydrogen-bond acceptors (Lipinski definition) is 2. The third-order valence-corrected chi connectivity index (χ3v) is 2.38. The average molecular weight is 221 g/mol. The maximum absolute atomic E-state index is 10.9. The summed E-state index contributed by atoms with van der Waals surface area (Å²) in [5.74, 6) is 1.50. The molecule has 0 saturated carbocycles. The molecule has 0 aliphatic carbocycles. The van der Waals surface area contributed by atoms with Crippen molar-refractivity contribution in [3.05, 3.63) is 46.7 Å². The monoisotopic (exact) mass is 220 g/mol. The van der Waals surface area contributed by atoms with E-state index in [9.17, 15) is 4.79 Å². The summed E-state index contributed by atoms with van der Waals surface area (Å²) in [6.45, 7) is 1.86. The Morgan fingerprint density at radius 1 is 1.27 bits per heavy atom. The second-order valence-electron chi connectivity index (χ2n) is 3.26. The Bertz CT molecular complexity index is 500. The summed E-state index contributed by atoms with van der Waals surface area (Å²) in [6.07, 6.45) is 0.777. The fourth-order valence-corrected chi connectivity index (χ4v) is 1.62. The minimum absolute atomic E-state index is 0.539. The highest BCUT2D eigenvalue weighted by Crippen LogP contribution is 2.26. The summed E-state index contributed by atoms with van der Waals surface area (Å²) in [5.41, 5.74) is 1.30. The van der Waals surface area contributed by atoms with E-state index in [4.69, 9.17) is 16.0 Å². The molecule has 2 rings (SSSR count). The van der Waals surface area contributed by atoms with E-state index >= 15 is 0 Å². The number of benzene rings is 1. The van der Waals surface area contributed by atoms with Crippen molar-refractivity contribution in [3.63, 3.8) is 0 Å². The molecule has 0 amide bonds. The van der Waals surface area contributed by atoms with E-state index in [0.29, 0.717) is 16.3 Å². The lowest BCUT2D eigenvalue weighted by Crippen LogP contribution is -1.85. The largest absolute Gasteiger partial charge is 0.461 e. The summed E-state index contributed by atoms with van der Waals surface area (Å²) in [4.78, 5) is 10.9. The quantitative estimate of drug-likeness (QED) is 0.722. The van der Waals surface area contributed by atoms with Crippen molar-refractivity contribution in [2.45, 2.75) is 6.92 Å². The first-order chi connectivity index (χ1) is 7.20.